The summed E-state index contributed by atoms with van der Waals surface area (Å²) in [5.41, 5.74) is 0.222. The molecular weight excluding hydrogens is 263 g/mol. The van der Waals surface area contributed by atoms with Gasteiger partial charge >= 0.3 is 0 Å². The van der Waals surface area contributed by atoms with Gasteiger partial charge < -0.3 is 5.11 Å². The predicted molar refractivity (Wildman–Crippen MR) is 67.0 cm³/mol. The molecule has 90 valence electrons. The SMILES string of the molecule is CC(=O)/C(N=Nc1cc(Cl)ccc1Cl)=C(\C)O. The van der Waals surface area contributed by atoms with E-state index in [2.05, 4.69) is 10.2 Å². The number of hydrogen-bond donors (Lipinski definition) is 1. The summed E-state index contributed by atoms with van der Waals surface area (Å²) in [7, 11) is 0. The molecule has 4 nitrogen and oxygen atoms in total. The molecule has 0 heterocycles. The predicted octanol–water partition coefficient (Wildman–Crippen LogP) is 4.46. The summed E-state index contributed by atoms with van der Waals surface area (Å²) >= 11 is 11.6. The number of benzene rings is 1. The van der Waals surface area contributed by atoms with Crippen molar-refractivity contribution in [3.05, 3.63) is 39.7 Å². The number of carbonyl (C=O) groups excluding carboxylic acids is 1. The van der Waals surface area contributed by atoms with E-state index in [0.717, 1.165) is 0 Å². The molecule has 1 rings (SSSR count). The number of allylic oxidation sites excluding steroid dienone is 2. The molecular formula is C11H10Cl2N2O2. The molecule has 17 heavy (non-hydrogen) atoms. The van der Waals surface area contributed by atoms with E-state index in [1.54, 1.807) is 12.1 Å². The van der Waals surface area contributed by atoms with E-state index in [0.29, 0.717) is 15.7 Å². The second-order valence-corrected chi connectivity index (χ2v) is 4.13. The van der Waals surface area contributed by atoms with Gasteiger partial charge in [0.05, 0.1) is 5.02 Å². The van der Waals surface area contributed by atoms with Crippen LogP contribution in [0.2, 0.25) is 10.0 Å². The van der Waals surface area contributed by atoms with Gasteiger partial charge in [0, 0.05) is 11.9 Å². The number of halogens is 2. The molecule has 0 fully saturated rings. The number of ketones is 1. The number of rotatable bonds is 3. The Bertz CT molecular complexity index is 506. The highest BCUT2D eigenvalue weighted by Gasteiger charge is 2.07. The van der Waals surface area contributed by atoms with Crippen molar-refractivity contribution in [2.24, 2.45) is 10.2 Å². The van der Waals surface area contributed by atoms with Crippen LogP contribution in [-0.4, -0.2) is 10.9 Å². The Balaban J connectivity index is 3.09. The molecule has 1 N–H and O–H groups in total. The topological polar surface area (TPSA) is 62.0 Å². The van der Waals surface area contributed by atoms with Crippen LogP contribution in [-0.2, 0) is 4.79 Å². The fraction of sp³-hybridized carbons (Fsp3) is 0.182. The van der Waals surface area contributed by atoms with E-state index in [1.807, 2.05) is 0 Å². The van der Waals surface area contributed by atoms with Crippen molar-refractivity contribution in [1.82, 2.24) is 0 Å². The Morgan fingerprint density at radius 2 is 1.94 bits per heavy atom. The summed E-state index contributed by atoms with van der Waals surface area (Å²) in [4.78, 5) is 11.1. The molecule has 0 aliphatic rings. The van der Waals surface area contributed by atoms with Gasteiger partial charge in [0.2, 0.25) is 0 Å². The molecule has 0 bridgehead atoms. The third-order valence-electron chi connectivity index (χ3n) is 1.84. The highest BCUT2D eigenvalue weighted by molar-refractivity contribution is 6.35. The minimum Gasteiger partial charge on any atom is -0.510 e. The fourth-order valence-electron chi connectivity index (χ4n) is 1.06. The van der Waals surface area contributed by atoms with Gasteiger partial charge in [-0.3, -0.25) is 4.79 Å². The number of nitrogens with zero attached hydrogens (tertiary/aromatic N) is 2. The second kappa shape index (κ2) is 5.80. The maximum absolute atomic E-state index is 11.1. The monoisotopic (exact) mass is 272 g/mol. The maximum Gasteiger partial charge on any atom is 0.183 e. The third-order valence-corrected chi connectivity index (χ3v) is 2.40. The van der Waals surface area contributed by atoms with Crippen molar-refractivity contribution in [2.75, 3.05) is 0 Å². The normalized spacial score (nSPS) is 12.7. The van der Waals surface area contributed by atoms with Gasteiger partial charge in [-0.15, -0.1) is 10.2 Å². The van der Waals surface area contributed by atoms with E-state index in [9.17, 15) is 9.90 Å². The second-order valence-electron chi connectivity index (χ2n) is 3.29. The van der Waals surface area contributed by atoms with E-state index in [-0.39, 0.29) is 17.2 Å². The van der Waals surface area contributed by atoms with Crippen molar-refractivity contribution < 1.29 is 9.90 Å². The van der Waals surface area contributed by atoms with Gasteiger partial charge in [-0.05, 0) is 25.1 Å². The van der Waals surface area contributed by atoms with Crippen LogP contribution >= 0.6 is 23.2 Å². The molecule has 0 atom stereocenters. The minimum absolute atomic E-state index is 0.110. The molecule has 0 amide bonds. The van der Waals surface area contributed by atoms with Crippen molar-refractivity contribution >= 4 is 34.7 Å². The Morgan fingerprint density at radius 3 is 2.47 bits per heavy atom. The van der Waals surface area contributed by atoms with E-state index < -0.39 is 0 Å². The minimum atomic E-state index is -0.382. The quantitative estimate of drug-likeness (QED) is 0.502. The molecule has 0 aromatic heterocycles. The standard InChI is InChI=1S/C11H10Cl2N2O2/c1-6(16)11(7(2)17)15-14-10-5-8(12)3-4-9(10)13/h3-5,16H,1-2H3/b11-6-,15-14?. The number of carbonyl (C=O) groups is 1. The molecule has 0 aliphatic heterocycles. The lowest BCUT2D eigenvalue weighted by Crippen LogP contribution is -1.96. The Kier molecular flexibility index (Phi) is 4.66. The van der Waals surface area contributed by atoms with Crippen LogP contribution in [0.1, 0.15) is 13.8 Å². The zero-order valence-electron chi connectivity index (χ0n) is 9.24. The smallest absolute Gasteiger partial charge is 0.183 e. The van der Waals surface area contributed by atoms with E-state index in [4.69, 9.17) is 23.2 Å². The first kappa shape index (κ1) is 13.7. The number of Topliss-reactive ketones (excluding diaryl/α,β-unsaturated/α-hetero) is 1. The average Bonchev–Trinajstić information content (AvgIpc) is 2.22. The molecule has 0 unspecified atom stereocenters. The Morgan fingerprint density at radius 1 is 1.29 bits per heavy atom. The zero-order valence-corrected chi connectivity index (χ0v) is 10.7. The summed E-state index contributed by atoms with van der Waals surface area (Å²) in [5.74, 6) is -0.577. The summed E-state index contributed by atoms with van der Waals surface area (Å²) in [6.45, 7) is 2.64. The van der Waals surface area contributed by atoms with Gasteiger partial charge in [-0.1, -0.05) is 23.2 Å². The van der Waals surface area contributed by atoms with Gasteiger partial charge in [0.15, 0.2) is 11.5 Å². The number of azo groups is 1. The zero-order chi connectivity index (χ0) is 13.0. The van der Waals surface area contributed by atoms with Crippen LogP contribution in [0.15, 0.2) is 39.9 Å². The van der Waals surface area contributed by atoms with Crippen LogP contribution in [0.3, 0.4) is 0 Å². The van der Waals surface area contributed by atoms with Crippen molar-refractivity contribution in [3.63, 3.8) is 0 Å². The lowest BCUT2D eigenvalue weighted by Gasteiger charge is -1.99. The van der Waals surface area contributed by atoms with E-state index in [1.165, 1.54) is 19.9 Å². The largest absolute Gasteiger partial charge is 0.510 e. The Labute approximate surface area is 109 Å². The number of aliphatic hydroxyl groups is 1. The Hall–Kier alpha value is -1.39. The molecule has 1 aromatic rings. The molecule has 0 saturated carbocycles. The number of aliphatic hydroxyl groups excluding tert-OH is 1. The molecule has 0 aliphatic carbocycles. The van der Waals surface area contributed by atoms with Gasteiger partial charge in [0.1, 0.15) is 11.4 Å². The summed E-state index contributed by atoms with van der Waals surface area (Å²) in [6, 6.07) is 4.70. The molecule has 0 saturated heterocycles. The van der Waals surface area contributed by atoms with Gasteiger partial charge in [-0.2, -0.15) is 0 Å². The lowest BCUT2D eigenvalue weighted by molar-refractivity contribution is -0.113. The molecule has 1 aromatic carbocycles. The van der Waals surface area contributed by atoms with Crippen molar-refractivity contribution in [2.45, 2.75) is 13.8 Å². The highest BCUT2D eigenvalue weighted by atomic mass is 35.5. The first-order valence-corrected chi connectivity index (χ1v) is 5.45. The summed E-state index contributed by atoms with van der Waals surface area (Å²) < 4.78 is 0. The van der Waals surface area contributed by atoms with E-state index >= 15 is 0 Å². The third kappa shape index (κ3) is 3.84. The first-order chi connectivity index (χ1) is 7.91. The molecule has 6 heteroatoms. The highest BCUT2D eigenvalue weighted by Crippen LogP contribution is 2.28. The lowest BCUT2D eigenvalue weighted by atomic mass is 10.3. The van der Waals surface area contributed by atoms with Gasteiger partial charge in [0.25, 0.3) is 0 Å². The van der Waals surface area contributed by atoms with Crippen molar-refractivity contribution in [1.29, 1.82) is 0 Å². The van der Waals surface area contributed by atoms with Crippen LogP contribution in [0, 0.1) is 0 Å². The fourth-order valence-corrected chi connectivity index (χ4v) is 1.39. The van der Waals surface area contributed by atoms with Crippen LogP contribution in [0.4, 0.5) is 5.69 Å². The summed E-state index contributed by atoms with van der Waals surface area (Å²) in [6.07, 6.45) is 0. The van der Waals surface area contributed by atoms with Crippen LogP contribution < -0.4 is 0 Å². The van der Waals surface area contributed by atoms with Gasteiger partial charge in [-0.25, -0.2) is 0 Å². The summed E-state index contributed by atoms with van der Waals surface area (Å²) in [5, 5.41) is 17.5. The number of hydrogen-bond acceptors (Lipinski definition) is 4. The van der Waals surface area contributed by atoms with Crippen molar-refractivity contribution in [3.8, 4) is 0 Å². The van der Waals surface area contributed by atoms with Crippen LogP contribution in [0.5, 0.6) is 0 Å². The van der Waals surface area contributed by atoms with Crippen LogP contribution in [0.25, 0.3) is 0 Å². The molecule has 0 spiro atoms. The average molecular weight is 273 g/mol. The first-order valence-electron chi connectivity index (χ1n) is 4.69. The maximum atomic E-state index is 11.1. The molecule has 0 radical (unpaired) electrons.